The second kappa shape index (κ2) is 6.92. The fourth-order valence-corrected chi connectivity index (χ4v) is 3.29. The Morgan fingerprint density at radius 1 is 1.48 bits per heavy atom. The molecule has 5 nitrogen and oxygen atoms in total. The Hall–Kier alpha value is -0.880. The number of hydrogen-bond acceptors (Lipinski definition) is 3. The van der Waals surface area contributed by atoms with E-state index < -0.39 is 12.3 Å². The zero-order valence-electron chi connectivity index (χ0n) is 13.1. The lowest BCUT2D eigenvalue weighted by Gasteiger charge is -2.27. The van der Waals surface area contributed by atoms with Gasteiger partial charge in [-0.1, -0.05) is 13.8 Å². The monoisotopic (exact) mass is 301 g/mol. The number of carbonyl (C=O) groups excluding carboxylic acids is 1. The molecule has 2 atom stereocenters. The highest BCUT2D eigenvalue weighted by Gasteiger charge is 2.40. The molecule has 2 aliphatic heterocycles. The number of nitrogens with zero attached hydrogens (tertiary/aromatic N) is 2. The Labute approximate surface area is 126 Å². The van der Waals surface area contributed by atoms with Gasteiger partial charge in [0.2, 0.25) is 0 Å². The van der Waals surface area contributed by atoms with Crippen molar-refractivity contribution in [3.8, 4) is 0 Å². The van der Waals surface area contributed by atoms with Gasteiger partial charge in [0.05, 0.1) is 13.2 Å². The van der Waals surface area contributed by atoms with Crippen molar-refractivity contribution in [1.29, 1.82) is 0 Å². The second-order valence-corrected chi connectivity index (χ2v) is 6.85. The molecule has 2 heterocycles. The summed E-state index contributed by atoms with van der Waals surface area (Å²) in [7, 11) is 0. The maximum atomic E-state index is 13.9. The molecule has 2 fully saturated rings. The summed E-state index contributed by atoms with van der Waals surface area (Å²) in [6.07, 6.45) is 2.51. The zero-order chi connectivity index (χ0) is 15.5. The number of hydrogen-bond donors (Lipinski definition) is 2. The van der Waals surface area contributed by atoms with E-state index in [1.165, 1.54) is 11.3 Å². The summed E-state index contributed by atoms with van der Waals surface area (Å²) in [6, 6.07) is 0.186. The molecule has 0 saturated carbocycles. The van der Waals surface area contributed by atoms with Crippen LogP contribution < -0.4 is 5.32 Å². The smallest absolute Gasteiger partial charge is 0.317 e. The summed E-state index contributed by atoms with van der Waals surface area (Å²) in [5.41, 5.74) is -1.62. The summed E-state index contributed by atoms with van der Waals surface area (Å²) in [5.74, 6) is 0.622. The molecule has 0 aromatic carbocycles. The van der Waals surface area contributed by atoms with Crippen molar-refractivity contribution in [2.45, 2.75) is 44.8 Å². The van der Waals surface area contributed by atoms with Crippen LogP contribution in [0.15, 0.2) is 0 Å². The van der Waals surface area contributed by atoms with E-state index in [2.05, 4.69) is 24.1 Å². The lowest BCUT2D eigenvalue weighted by molar-refractivity contribution is 0.0804. The fraction of sp³-hybridized carbons (Fsp3) is 0.933. The molecular formula is C15H28FN3O2. The molecule has 1 unspecified atom stereocenters. The molecule has 2 saturated heterocycles. The number of aliphatic hydroxyl groups is 1. The number of nitrogens with one attached hydrogen (secondary N) is 1. The van der Waals surface area contributed by atoms with Gasteiger partial charge in [-0.3, -0.25) is 4.90 Å². The van der Waals surface area contributed by atoms with E-state index in [1.807, 2.05) is 0 Å². The average molecular weight is 301 g/mol. The maximum Gasteiger partial charge on any atom is 0.317 e. The number of rotatable bonds is 5. The summed E-state index contributed by atoms with van der Waals surface area (Å²) < 4.78 is 13.9. The normalized spacial score (nSPS) is 30.3. The third-order valence-electron chi connectivity index (χ3n) is 4.46. The lowest BCUT2D eigenvalue weighted by Crippen LogP contribution is -2.46. The number of aliphatic hydroxyl groups excluding tert-OH is 1. The molecule has 21 heavy (non-hydrogen) atoms. The Morgan fingerprint density at radius 2 is 2.24 bits per heavy atom. The summed E-state index contributed by atoms with van der Waals surface area (Å²) in [4.78, 5) is 16.0. The van der Waals surface area contributed by atoms with Crippen LogP contribution in [0.25, 0.3) is 0 Å². The largest absolute Gasteiger partial charge is 0.393 e. The third-order valence-corrected chi connectivity index (χ3v) is 4.46. The van der Waals surface area contributed by atoms with Crippen LogP contribution in [0.3, 0.4) is 0 Å². The molecule has 2 aliphatic rings. The van der Waals surface area contributed by atoms with Gasteiger partial charge in [-0.15, -0.1) is 0 Å². The minimum Gasteiger partial charge on any atom is -0.393 e. The third kappa shape index (κ3) is 4.30. The second-order valence-electron chi connectivity index (χ2n) is 6.85. The molecule has 0 aromatic rings. The number of likely N-dealkylation sites (tertiary alicyclic amines) is 2. The van der Waals surface area contributed by atoms with Gasteiger partial charge in [0.15, 0.2) is 5.67 Å². The van der Waals surface area contributed by atoms with Crippen LogP contribution >= 0.6 is 0 Å². The molecule has 6 heteroatoms. The van der Waals surface area contributed by atoms with E-state index >= 15 is 0 Å². The van der Waals surface area contributed by atoms with E-state index in [0.717, 1.165) is 19.5 Å². The molecule has 0 radical (unpaired) electrons. The first kappa shape index (κ1) is 16.5. The topological polar surface area (TPSA) is 55.8 Å². The van der Waals surface area contributed by atoms with Crippen molar-refractivity contribution in [2.75, 3.05) is 39.3 Å². The van der Waals surface area contributed by atoms with Gasteiger partial charge in [-0.25, -0.2) is 9.18 Å². The highest BCUT2D eigenvalue weighted by molar-refractivity contribution is 5.74. The first-order valence-corrected chi connectivity index (χ1v) is 8.00. The van der Waals surface area contributed by atoms with Crippen LogP contribution in [0.2, 0.25) is 0 Å². The predicted octanol–water partition coefficient (Wildman–Crippen LogP) is 1.22. The van der Waals surface area contributed by atoms with Gasteiger partial charge in [0.25, 0.3) is 0 Å². The van der Waals surface area contributed by atoms with Crippen LogP contribution in [0.1, 0.15) is 33.1 Å². The molecular weight excluding hydrogens is 273 g/mol. The van der Waals surface area contributed by atoms with Gasteiger partial charge in [-0.05, 0) is 25.3 Å². The molecule has 0 bridgehead atoms. The highest BCUT2D eigenvalue weighted by Crippen LogP contribution is 2.25. The van der Waals surface area contributed by atoms with Gasteiger partial charge in [-0.2, -0.15) is 0 Å². The van der Waals surface area contributed by atoms with Crippen LogP contribution in [0.4, 0.5) is 9.18 Å². The van der Waals surface area contributed by atoms with E-state index in [4.69, 9.17) is 5.11 Å². The van der Waals surface area contributed by atoms with E-state index in [9.17, 15) is 9.18 Å². The Kier molecular flexibility index (Phi) is 5.43. The van der Waals surface area contributed by atoms with Crippen molar-refractivity contribution in [1.82, 2.24) is 15.1 Å². The minimum absolute atomic E-state index is 0.00426. The summed E-state index contributed by atoms with van der Waals surface area (Å²) >= 11 is 0. The van der Waals surface area contributed by atoms with Crippen molar-refractivity contribution in [2.24, 2.45) is 5.92 Å². The molecule has 0 aliphatic carbocycles. The Morgan fingerprint density at radius 3 is 2.86 bits per heavy atom. The number of amides is 2. The van der Waals surface area contributed by atoms with Gasteiger partial charge >= 0.3 is 6.03 Å². The Balaban J connectivity index is 1.76. The van der Waals surface area contributed by atoms with Crippen LogP contribution in [-0.2, 0) is 0 Å². The first-order chi connectivity index (χ1) is 9.93. The number of alkyl halides is 1. The van der Waals surface area contributed by atoms with Crippen LogP contribution in [-0.4, -0.2) is 72.0 Å². The molecule has 0 spiro atoms. The predicted molar refractivity (Wildman–Crippen MR) is 79.9 cm³/mol. The van der Waals surface area contributed by atoms with E-state index in [0.29, 0.717) is 25.0 Å². The summed E-state index contributed by atoms with van der Waals surface area (Å²) in [5, 5.41) is 11.9. The van der Waals surface area contributed by atoms with Crippen molar-refractivity contribution in [3.63, 3.8) is 0 Å². The molecule has 2 rings (SSSR count). The van der Waals surface area contributed by atoms with Gasteiger partial charge in [0.1, 0.15) is 0 Å². The SMILES string of the molecule is CC(C)CN1CCC[C@@H]1CNC(=O)N1CCC(F)(CO)C1. The summed E-state index contributed by atoms with van der Waals surface area (Å²) in [6.45, 7) is 7.05. The van der Waals surface area contributed by atoms with E-state index in [1.54, 1.807) is 0 Å². The van der Waals surface area contributed by atoms with Crippen molar-refractivity contribution in [3.05, 3.63) is 0 Å². The van der Waals surface area contributed by atoms with Crippen molar-refractivity contribution >= 4 is 6.03 Å². The molecule has 122 valence electrons. The minimum atomic E-state index is -1.62. The lowest BCUT2D eigenvalue weighted by atomic mass is 10.1. The first-order valence-electron chi connectivity index (χ1n) is 8.00. The van der Waals surface area contributed by atoms with Crippen LogP contribution in [0, 0.1) is 5.92 Å². The molecule has 2 amide bonds. The van der Waals surface area contributed by atoms with Gasteiger partial charge in [0, 0.05) is 32.1 Å². The highest BCUT2D eigenvalue weighted by atomic mass is 19.1. The average Bonchev–Trinajstić information content (AvgIpc) is 3.03. The fourth-order valence-electron chi connectivity index (χ4n) is 3.29. The van der Waals surface area contributed by atoms with Gasteiger partial charge < -0.3 is 15.3 Å². The number of halogens is 1. The number of urea groups is 1. The van der Waals surface area contributed by atoms with E-state index in [-0.39, 0.29) is 19.0 Å². The maximum absolute atomic E-state index is 13.9. The quantitative estimate of drug-likeness (QED) is 0.803. The van der Waals surface area contributed by atoms with Crippen LogP contribution in [0.5, 0.6) is 0 Å². The molecule has 0 aromatic heterocycles. The number of carbonyl (C=O) groups is 1. The van der Waals surface area contributed by atoms with Crippen molar-refractivity contribution < 1.29 is 14.3 Å². The molecule has 2 N–H and O–H groups in total. The zero-order valence-corrected chi connectivity index (χ0v) is 13.1. The Bertz CT molecular complexity index is 367. The standard InChI is InChI=1S/C15H28FN3O2/c1-12(2)9-18-6-3-4-13(18)8-17-14(21)19-7-5-15(16,10-19)11-20/h12-13,20H,3-11H2,1-2H3,(H,17,21)/t13-,15?/m1/s1.